The number of hydrogen-bond donors (Lipinski definition) is 1. The van der Waals surface area contributed by atoms with Crippen LogP contribution in [0.15, 0.2) is 0 Å². The lowest BCUT2D eigenvalue weighted by Crippen LogP contribution is -2.35. The van der Waals surface area contributed by atoms with Gasteiger partial charge < -0.3 is 5.11 Å². The first-order chi connectivity index (χ1) is 6.22. The molecule has 2 fully saturated rings. The quantitative estimate of drug-likeness (QED) is 0.607. The third kappa shape index (κ3) is 1.01. The van der Waals surface area contributed by atoms with Crippen molar-refractivity contribution in [2.75, 3.05) is 13.2 Å². The molecule has 1 heterocycles. The highest BCUT2D eigenvalue weighted by Crippen LogP contribution is 2.52. The molecule has 2 unspecified atom stereocenters. The van der Waals surface area contributed by atoms with Crippen LogP contribution in [-0.4, -0.2) is 35.0 Å². The number of carbonyl (C=O) groups is 2. The molecule has 1 saturated carbocycles. The van der Waals surface area contributed by atoms with Crippen molar-refractivity contribution in [2.24, 2.45) is 17.8 Å². The number of likely N-dealkylation sites (tertiary alicyclic amines) is 1. The summed E-state index contributed by atoms with van der Waals surface area (Å²) in [7, 11) is 0. The predicted octanol–water partition coefficient (Wildman–Crippen LogP) is -0.380. The van der Waals surface area contributed by atoms with Crippen LogP contribution < -0.4 is 0 Å². The molecule has 2 atom stereocenters. The van der Waals surface area contributed by atoms with Gasteiger partial charge in [0.25, 0.3) is 0 Å². The van der Waals surface area contributed by atoms with Crippen molar-refractivity contribution >= 4 is 11.8 Å². The predicted molar refractivity (Wildman–Crippen MR) is 44.6 cm³/mol. The molecule has 1 aliphatic heterocycles. The summed E-state index contributed by atoms with van der Waals surface area (Å²) in [6, 6.07) is 0. The zero-order chi connectivity index (χ0) is 9.59. The first-order valence-corrected chi connectivity index (χ1v) is 4.68. The molecule has 2 amide bonds. The SMILES string of the molecule is CCCN1C(=O)C2C(CO)C2C1=O. The lowest BCUT2D eigenvalue weighted by Gasteiger charge is -2.16. The molecule has 2 rings (SSSR count). The summed E-state index contributed by atoms with van der Waals surface area (Å²) >= 11 is 0. The van der Waals surface area contributed by atoms with E-state index >= 15 is 0 Å². The highest BCUT2D eigenvalue weighted by molar-refractivity contribution is 6.09. The Labute approximate surface area is 76.5 Å². The van der Waals surface area contributed by atoms with E-state index in [9.17, 15) is 9.59 Å². The molecule has 1 aliphatic carbocycles. The second kappa shape index (κ2) is 2.80. The minimum Gasteiger partial charge on any atom is -0.396 e. The summed E-state index contributed by atoms with van der Waals surface area (Å²) in [5, 5.41) is 8.84. The highest BCUT2D eigenvalue weighted by Gasteiger charge is 2.66. The van der Waals surface area contributed by atoms with Crippen molar-refractivity contribution in [3.05, 3.63) is 0 Å². The Hall–Kier alpha value is -0.900. The number of hydrogen-bond acceptors (Lipinski definition) is 3. The maximum absolute atomic E-state index is 11.5. The fraction of sp³-hybridized carbons (Fsp3) is 0.778. The van der Waals surface area contributed by atoms with E-state index in [4.69, 9.17) is 5.11 Å². The van der Waals surface area contributed by atoms with Crippen LogP contribution in [0.3, 0.4) is 0 Å². The Balaban J connectivity index is 2.08. The molecule has 4 nitrogen and oxygen atoms in total. The number of aliphatic hydroxyl groups excluding tert-OH is 1. The average molecular weight is 183 g/mol. The molecule has 1 N–H and O–H groups in total. The smallest absolute Gasteiger partial charge is 0.233 e. The van der Waals surface area contributed by atoms with Gasteiger partial charge in [0.2, 0.25) is 11.8 Å². The molecule has 0 radical (unpaired) electrons. The number of rotatable bonds is 3. The van der Waals surface area contributed by atoms with Gasteiger partial charge in [0.1, 0.15) is 0 Å². The topological polar surface area (TPSA) is 57.6 Å². The van der Waals surface area contributed by atoms with Gasteiger partial charge in [-0.3, -0.25) is 14.5 Å². The summed E-state index contributed by atoms with van der Waals surface area (Å²) in [5.41, 5.74) is 0. The number of nitrogens with zero attached hydrogens (tertiary/aromatic N) is 1. The van der Waals surface area contributed by atoms with Crippen LogP contribution in [0.2, 0.25) is 0 Å². The Morgan fingerprint density at radius 3 is 2.23 bits per heavy atom. The van der Waals surface area contributed by atoms with E-state index in [1.54, 1.807) is 0 Å². The number of piperidine rings is 1. The highest BCUT2D eigenvalue weighted by atomic mass is 16.3. The monoisotopic (exact) mass is 183 g/mol. The molecule has 0 spiro atoms. The molecule has 0 aromatic heterocycles. The first-order valence-electron chi connectivity index (χ1n) is 4.68. The fourth-order valence-corrected chi connectivity index (χ4v) is 2.19. The zero-order valence-electron chi connectivity index (χ0n) is 7.56. The number of fused-ring (bicyclic) bond motifs is 1. The number of amides is 2. The summed E-state index contributed by atoms with van der Waals surface area (Å²) in [6.07, 6.45) is 0.806. The van der Waals surface area contributed by atoms with Crippen molar-refractivity contribution in [2.45, 2.75) is 13.3 Å². The minimum atomic E-state index is -0.191. The number of imide groups is 1. The van der Waals surface area contributed by atoms with Crippen LogP contribution in [0.25, 0.3) is 0 Å². The Kier molecular flexibility index (Phi) is 1.87. The lowest BCUT2D eigenvalue weighted by molar-refractivity contribution is -0.142. The number of aliphatic hydroxyl groups is 1. The third-order valence-electron chi connectivity index (χ3n) is 2.93. The minimum absolute atomic E-state index is 0.0349. The Bertz CT molecular complexity index is 242. The van der Waals surface area contributed by atoms with Gasteiger partial charge in [0.05, 0.1) is 11.8 Å². The molecule has 0 aromatic rings. The van der Waals surface area contributed by atoms with Crippen LogP contribution in [-0.2, 0) is 9.59 Å². The van der Waals surface area contributed by atoms with Crippen molar-refractivity contribution in [3.8, 4) is 0 Å². The molecule has 0 bridgehead atoms. The first kappa shape index (κ1) is 8.69. The summed E-state index contributed by atoms with van der Waals surface area (Å²) < 4.78 is 0. The summed E-state index contributed by atoms with van der Waals surface area (Å²) in [4.78, 5) is 24.4. The second-order valence-electron chi connectivity index (χ2n) is 3.73. The fourth-order valence-electron chi connectivity index (χ4n) is 2.19. The van der Waals surface area contributed by atoms with E-state index in [0.29, 0.717) is 6.54 Å². The largest absolute Gasteiger partial charge is 0.396 e. The zero-order valence-corrected chi connectivity index (χ0v) is 7.56. The van der Waals surface area contributed by atoms with Crippen LogP contribution in [0, 0.1) is 17.8 Å². The van der Waals surface area contributed by atoms with Gasteiger partial charge in [-0.1, -0.05) is 6.92 Å². The number of carbonyl (C=O) groups excluding carboxylic acids is 2. The van der Waals surface area contributed by atoms with Gasteiger partial charge in [-0.25, -0.2) is 0 Å². The van der Waals surface area contributed by atoms with Gasteiger partial charge in [0, 0.05) is 19.1 Å². The second-order valence-corrected chi connectivity index (χ2v) is 3.73. The van der Waals surface area contributed by atoms with Gasteiger partial charge in [-0.2, -0.15) is 0 Å². The molecule has 0 aromatic carbocycles. The van der Waals surface area contributed by atoms with Gasteiger partial charge in [0.15, 0.2) is 0 Å². The van der Waals surface area contributed by atoms with Gasteiger partial charge >= 0.3 is 0 Å². The summed E-state index contributed by atoms with van der Waals surface area (Å²) in [5.74, 6) is -0.604. The maximum Gasteiger partial charge on any atom is 0.233 e. The molecule has 4 heteroatoms. The maximum atomic E-state index is 11.5. The molecule has 13 heavy (non-hydrogen) atoms. The van der Waals surface area contributed by atoms with Gasteiger partial charge in [-0.15, -0.1) is 0 Å². The van der Waals surface area contributed by atoms with E-state index in [1.165, 1.54) is 4.90 Å². The Morgan fingerprint density at radius 1 is 1.31 bits per heavy atom. The average Bonchev–Trinajstić information content (AvgIpc) is 2.80. The van der Waals surface area contributed by atoms with Gasteiger partial charge in [-0.05, 0) is 6.42 Å². The Morgan fingerprint density at radius 2 is 1.85 bits per heavy atom. The van der Waals surface area contributed by atoms with Crippen molar-refractivity contribution in [3.63, 3.8) is 0 Å². The standard InChI is InChI=1S/C9H13NO3/c1-2-3-10-8(12)6-5(4-11)7(6)9(10)13/h5-7,11H,2-4H2,1H3. The molecule has 2 aliphatic rings. The van der Waals surface area contributed by atoms with Crippen LogP contribution >= 0.6 is 0 Å². The van der Waals surface area contributed by atoms with Crippen LogP contribution in [0.1, 0.15) is 13.3 Å². The normalized spacial score (nSPS) is 36.8. The van der Waals surface area contributed by atoms with Crippen LogP contribution in [0.4, 0.5) is 0 Å². The molecule has 72 valence electrons. The summed E-state index contributed by atoms with van der Waals surface area (Å²) in [6.45, 7) is 2.43. The lowest BCUT2D eigenvalue weighted by atomic mass is 10.2. The molecule has 1 saturated heterocycles. The van der Waals surface area contributed by atoms with Crippen molar-refractivity contribution in [1.82, 2.24) is 4.90 Å². The van der Waals surface area contributed by atoms with E-state index in [-0.39, 0.29) is 36.2 Å². The van der Waals surface area contributed by atoms with Crippen molar-refractivity contribution in [1.29, 1.82) is 0 Å². The van der Waals surface area contributed by atoms with E-state index in [1.807, 2.05) is 6.92 Å². The van der Waals surface area contributed by atoms with E-state index in [0.717, 1.165) is 6.42 Å². The van der Waals surface area contributed by atoms with E-state index < -0.39 is 0 Å². The van der Waals surface area contributed by atoms with E-state index in [2.05, 4.69) is 0 Å². The molecular formula is C9H13NO3. The molecular weight excluding hydrogens is 170 g/mol. The van der Waals surface area contributed by atoms with Crippen LogP contribution in [0.5, 0.6) is 0 Å². The third-order valence-corrected chi connectivity index (χ3v) is 2.93. The van der Waals surface area contributed by atoms with Crippen molar-refractivity contribution < 1.29 is 14.7 Å².